The number of hydrogen-bond donors (Lipinski definition) is 3. The number of carbonyl (C=O) groups excluding carboxylic acids is 1. The molecule has 2 fully saturated rings. The lowest BCUT2D eigenvalue weighted by molar-refractivity contribution is -0.126. The Morgan fingerprint density at radius 1 is 1.08 bits per heavy atom. The van der Waals surface area contributed by atoms with Gasteiger partial charge in [0.1, 0.15) is 0 Å². The van der Waals surface area contributed by atoms with Gasteiger partial charge in [0, 0.05) is 13.1 Å². The van der Waals surface area contributed by atoms with Crippen LogP contribution in [0.2, 0.25) is 0 Å². The van der Waals surface area contributed by atoms with E-state index < -0.39 is 0 Å². The normalized spacial score (nSPS) is 31.4. The zero-order chi connectivity index (χ0) is 9.10. The van der Waals surface area contributed by atoms with Crippen molar-refractivity contribution in [2.75, 3.05) is 26.2 Å². The van der Waals surface area contributed by atoms with Gasteiger partial charge in [-0.2, -0.15) is 0 Å². The molecule has 1 atom stereocenters. The van der Waals surface area contributed by atoms with Crippen molar-refractivity contribution in [1.82, 2.24) is 16.0 Å². The average molecular weight is 183 g/mol. The lowest BCUT2D eigenvalue weighted by Crippen LogP contribution is -2.57. The fraction of sp³-hybridized carbons (Fsp3) is 0.889. The van der Waals surface area contributed by atoms with Crippen LogP contribution in [0, 0.1) is 5.92 Å². The summed E-state index contributed by atoms with van der Waals surface area (Å²) in [5.74, 6) is 0.722. The van der Waals surface area contributed by atoms with E-state index in [2.05, 4.69) is 16.0 Å². The van der Waals surface area contributed by atoms with Gasteiger partial charge in [0.15, 0.2) is 0 Å². The first-order valence-corrected chi connectivity index (χ1v) is 5.10. The molecule has 2 heterocycles. The Labute approximate surface area is 78.5 Å². The van der Waals surface area contributed by atoms with Gasteiger partial charge in [-0.05, 0) is 31.8 Å². The molecule has 0 bridgehead atoms. The van der Waals surface area contributed by atoms with Gasteiger partial charge >= 0.3 is 0 Å². The molecule has 0 aliphatic carbocycles. The fourth-order valence-corrected chi connectivity index (χ4v) is 2.17. The number of piperazine rings is 1. The van der Waals surface area contributed by atoms with Crippen molar-refractivity contribution in [1.29, 1.82) is 0 Å². The van der Waals surface area contributed by atoms with Crippen molar-refractivity contribution in [3.63, 3.8) is 0 Å². The summed E-state index contributed by atoms with van der Waals surface area (Å²) in [7, 11) is 0. The Morgan fingerprint density at radius 2 is 1.85 bits per heavy atom. The van der Waals surface area contributed by atoms with Crippen molar-refractivity contribution >= 4 is 5.91 Å². The summed E-state index contributed by atoms with van der Waals surface area (Å²) in [6, 6.07) is 0.0656. The summed E-state index contributed by atoms with van der Waals surface area (Å²) < 4.78 is 0. The zero-order valence-electron chi connectivity index (χ0n) is 7.81. The highest BCUT2D eigenvalue weighted by Crippen LogP contribution is 2.17. The molecule has 1 unspecified atom stereocenters. The van der Waals surface area contributed by atoms with E-state index >= 15 is 0 Å². The molecule has 2 saturated heterocycles. The van der Waals surface area contributed by atoms with Crippen LogP contribution in [0.1, 0.15) is 12.8 Å². The Kier molecular flexibility index (Phi) is 2.80. The molecule has 0 aromatic heterocycles. The molecule has 2 aliphatic heterocycles. The van der Waals surface area contributed by atoms with Crippen molar-refractivity contribution < 1.29 is 4.79 Å². The maximum Gasteiger partial charge on any atom is 0.237 e. The molecule has 74 valence electrons. The smallest absolute Gasteiger partial charge is 0.237 e. The van der Waals surface area contributed by atoms with Crippen molar-refractivity contribution in [2.24, 2.45) is 5.92 Å². The summed E-state index contributed by atoms with van der Waals surface area (Å²) in [5, 5.41) is 9.52. The van der Waals surface area contributed by atoms with E-state index in [1.54, 1.807) is 0 Å². The number of rotatable bonds is 1. The van der Waals surface area contributed by atoms with Crippen LogP contribution in [0.3, 0.4) is 0 Å². The van der Waals surface area contributed by atoms with Crippen molar-refractivity contribution in [2.45, 2.75) is 18.9 Å². The first-order valence-electron chi connectivity index (χ1n) is 5.10. The third-order valence-electron chi connectivity index (χ3n) is 2.93. The molecule has 0 radical (unpaired) electrons. The van der Waals surface area contributed by atoms with Gasteiger partial charge < -0.3 is 16.0 Å². The summed E-state index contributed by atoms with van der Waals surface area (Å²) >= 11 is 0. The van der Waals surface area contributed by atoms with Crippen LogP contribution in [0.5, 0.6) is 0 Å². The minimum absolute atomic E-state index is 0.0656. The molecule has 0 aromatic carbocycles. The van der Waals surface area contributed by atoms with Gasteiger partial charge in [-0.15, -0.1) is 0 Å². The van der Waals surface area contributed by atoms with E-state index in [0.717, 1.165) is 39.0 Å². The standard InChI is InChI=1S/C9H17N3O/c13-9-8(11-5-6-12-9)7-1-3-10-4-2-7/h7-8,10-11H,1-6H2,(H,12,13). The van der Waals surface area contributed by atoms with Crippen LogP contribution in [0.15, 0.2) is 0 Å². The Balaban J connectivity index is 1.92. The van der Waals surface area contributed by atoms with E-state index in [1.165, 1.54) is 0 Å². The zero-order valence-corrected chi connectivity index (χ0v) is 7.81. The first kappa shape index (κ1) is 8.97. The van der Waals surface area contributed by atoms with Crippen LogP contribution in [-0.4, -0.2) is 38.1 Å². The summed E-state index contributed by atoms with van der Waals surface area (Å²) in [6.07, 6.45) is 2.23. The minimum Gasteiger partial charge on any atom is -0.353 e. The van der Waals surface area contributed by atoms with E-state index in [-0.39, 0.29) is 11.9 Å². The lowest BCUT2D eigenvalue weighted by Gasteiger charge is -2.33. The average Bonchev–Trinajstić information content (AvgIpc) is 2.20. The van der Waals surface area contributed by atoms with Gasteiger partial charge in [0.25, 0.3) is 0 Å². The Hall–Kier alpha value is -0.610. The topological polar surface area (TPSA) is 53.2 Å². The molecular weight excluding hydrogens is 166 g/mol. The lowest BCUT2D eigenvalue weighted by atomic mass is 9.89. The van der Waals surface area contributed by atoms with E-state index in [9.17, 15) is 4.79 Å². The number of nitrogens with one attached hydrogen (secondary N) is 3. The van der Waals surface area contributed by atoms with Gasteiger partial charge in [-0.3, -0.25) is 4.79 Å². The van der Waals surface area contributed by atoms with Crippen molar-refractivity contribution in [3.05, 3.63) is 0 Å². The van der Waals surface area contributed by atoms with Crippen LogP contribution >= 0.6 is 0 Å². The predicted molar refractivity (Wildman–Crippen MR) is 50.4 cm³/mol. The highest BCUT2D eigenvalue weighted by atomic mass is 16.2. The van der Waals surface area contributed by atoms with E-state index in [0.29, 0.717) is 5.92 Å². The highest BCUT2D eigenvalue weighted by molar-refractivity contribution is 5.82. The second-order valence-corrected chi connectivity index (χ2v) is 3.81. The second-order valence-electron chi connectivity index (χ2n) is 3.81. The molecule has 0 saturated carbocycles. The van der Waals surface area contributed by atoms with Crippen LogP contribution in [0.4, 0.5) is 0 Å². The number of amides is 1. The van der Waals surface area contributed by atoms with Gasteiger partial charge in [-0.1, -0.05) is 0 Å². The van der Waals surface area contributed by atoms with Gasteiger partial charge in [-0.25, -0.2) is 0 Å². The molecule has 3 N–H and O–H groups in total. The molecule has 4 heteroatoms. The number of piperidine rings is 1. The van der Waals surface area contributed by atoms with Crippen LogP contribution in [-0.2, 0) is 4.79 Å². The quantitative estimate of drug-likeness (QED) is 0.492. The molecule has 13 heavy (non-hydrogen) atoms. The third kappa shape index (κ3) is 2.00. The molecule has 1 amide bonds. The van der Waals surface area contributed by atoms with Gasteiger partial charge in [0.2, 0.25) is 5.91 Å². The number of hydrogen-bond acceptors (Lipinski definition) is 3. The molecule has 2 aliphatic rings. The predicted octanol–water partition coefficient (Wildman–Crippen LogP) is -0.926. The van der Waals surface area contributed by atoms with Crippen LogP contribution in [0.25, 0.3) is 0 Å². The molecule has 0 spiro atoms. The second kappa shape index (κ2) is 4.07. The Bertz CT molecular complexity index is 189. The summed E-state index contributed by atoms with van der Waals surface area (Å²) in [6.45, 7) is 3.80. The highest BCUT2D eigenvalue weighted by Gasteiger charge is 2.30. The largest absolute Gasteiger partial charge is 0.353 e. The Morgan fingerprint density at radius 3 is 2.54 bits per heavy atom. The molecule has 0 aromatic rings. The van der Waals surface area contributed by atoms with Gasteiger partial charge in [0.05, 0.1) is 6.04 Å². The first-order chi connectivity index (χ1) is 6.38. The summed E-state index contributed by atoms with van der Waals surface area (Å²) in [4.78, 5) is 11.5. The SMILES string of the molecule is O=C1NCCNC1C1CCNCC1. The fourth-order valence-electron chi connectivity index (χ4n) is 2.17. The van der Waals surface area contributed by atoms with Crippen LogP contribution < -0.4 is 16.0 Å². The molecule has 2 rings (SSSR count). The molecular formula is C9H17N3O. The van der Waals surface area contributed by atoms with Crippen molar-refractivity contribution in [3.8, 4) is 0 Å². The maximum atomic E-state index is 11.5. The molecule has 4 nitrogen and oxygen atoms in total. The number of carbonyl (C=O) groups is 1. The van der Waals surface area contributed by atoms with E-state index in [1.807, 2.05) is 0 Å². The van der Waals surface area contributed by atoms with E-state index in [4.69, 9.17) is 0 Å². The summed E-state index contributed by atoms with van der Waals surface area (Å²) in [5.41, 5.74) is 0. The maximum absolute atomic E-state index is 11.5. The minimum atomic E-state index is 0.0656. The third-order valence-corrected chi connectivity index (χ3v) is 2.93. The monoisotopic (exact) mass is 183 g/mol.